The molecule has 1 saturated heterocycles. The fourth-order valence-corrected chi connectivity index (χ4v) is 2.13. The average molecular weight is 281 g/mol. The molecule has 110 valence electrons. The Hall–Kier alpha value is -1.66. The van der Waals surface area contributed by atoms with Crippen LogP contribution in [0.3, 0.4) is 0 Å². The summed E-state index contributed by atoms with van der Waals surface area (Å²) in [6.45, 7) is 3.31. The summed E-state index contributed by atoms with van der Waals surface area (Å²) >= 11 is 0. The van der Waals surface area contributed by atoms with E-state index in [0.29, 0.717) is 24.4 Å². The highest BCUT2D eigenvalue weighted by molar-refractivity contribution is 5.78. The molecule has 6 heteroatoms. The highest BCUT2D eigenvalue weighted by Gasteiger charge is 2.19. The fourth-order valence-electron chi connectivity index (χ4n) is 2.13. The number of nitrogens with two attached hydrogens (primary N) is 1. The third-order valence-electron chi connectivity index (χ3n) is 3.45. The van der Waals surface area contributed by atoms with E-state index >= 15 is 0 Å². The second kappa shape index (κ2) is 6.67. The number of benzene rings is 1. The molecule has 1 heterocycles. The molecule has 0 atom stereocenters. The first-order chi connectivity index (χ1) is 9.60. The fraction of sp³-hybridized carbons (Fsp3) is 0.500. The van der Waals surface area contributed by atoms with E-state index < -0.39 is 0 Å². The van der Waals surface area contributed by atoms with Gasteiger partial charge in [-0.05, 0) is 25.2 Å². The number of amides is 1. The summed E-state index contributed by atoms with van der Waals surface area (Å²) in [6.07, 6.45) is 0. The van der Waals surface area contributed by atoms with Crippen LogP contribution in [0.5, 0.6) is 5.75 Å². The molecule has 1 amide bonds. The lowest BCUT2D eigenvalue weighted by atomic mass is 10.2. The van der Waals surface area contributed by atoms with Crippen molar-refractivity contribution < 1.29 is 13.9 Å². The van der Waals surface area contributed by atoms with Crippen LogP contribution < -0.4 is 10.5 Å². The number of hydrogen-bond acceptors (Lipinski definition) is 4. The van der Waals surface area contributed by atoms with Crippen molar-refractivity contribution in [3.05, 3.63) is 29.6 Å². The molecule has 0 saturated carbocycles. The van der Waals surface area contributed by atoms with Gasteiger partial charge >= 0.3 is 0 Å². The van der Waals surface area contributed by atoms with E-state index in [1.165, 1.54) is 18.2 Å². The molecule has 0 bridgehead atoms. The molecule has 0 aromatic heterocycles. The van der Waals surface area contributed by atoms with Crippen LogP contribution in [0.4, 0.5) is 4.39 Å². The van der Waals surface area contributed by atoms with Crippen LogP contribution in [0.25, 0.3) is 0 Å². The summed E-state index contributed by atoms with van der Waals surface area (Å²) in [5.41, 5.74) is 6.10. The molecule has 5 nitrogen and oxygen atoms in total. The third kappa shape index (κ3) is 3.68. The largest absolute Gasteiger partial charge is 0.483 e. The molecule has 0 unspecified atom stereocenters. The van der Waals surface area contributed by atoms with Crippen LogP contribution in [0.15, 0.2) is 18.2 Å². The molecule has 0 radical (unpaired) electrons. The summed E-state index contributed by atoms with van der Waals surface area (Å²) in [5, 5.41) is 0. The van der Waals surface area contributed by atoms with Crippen LogP contribution in [0.2, 0.25) is 0 Å². The maximum atomic E-state index is 13.1. The topological polar surface area (TPSA) is 58.8 Å². The second-order valence-electron chi connectivity index (χ2n) is 4.93. The summed E-state index contributed by atoms with van der Waals surface area (Å²) in [4.78, 5) is 16.0. The lowest BCUT2D eigenvalue weighted by Crippen LogP contribution is -2.48. The van der Waals surface area contributed by atoms with Crippen molar-refractivity contribution in [2.75, 3.05) is 39.8 Å². The molecule has 2 N–H and O–H groups in total. The summed E-state index contributed by atoms with van der Waals surface area (Å²) in [5.74, 6) is 0.0602. The van der Waals surface area contributed by atoms with E-state index in [-0.39, 0.29) is 24.9 Å². The van der Waals surface area contributed by atoms with Gasteiger partial charge in [-0.15, -0.1) is 0 Å². The number of rotatable bonds is 4. The van der Waals surface area contributed by atoms with E-state index in [1.54, 1.807) is 4.90 Å². The molecule has 1 aliphatic heterocycles. The molecular formula is C14H20FN3O2. The molecule has 20 heavy (non-hydrogen) atoms. The molecule has 1 aliphatic rings. The summed E-state index contributed by atoms with van der Waals surface area (Å²) < 4.78 is 18.5. The number of nitrogens with zero attached hydrogens (tertiary/aromatic N) is 2. The van der Waals surface area contributed by atoms with Gasteiger partial charge in [0.05, 0.1) is 0 Å². The van der Waals surface area contributed by atoms with Gasteiger partial charge in [-0.2, -0.15) is 0 Å². The minimum atomic E-state index is -0.358. The molecule has 0 spiro atoms. The first-order valence-electron chi connectivity index (χ1n) is 6.68. The Labute approximate surface area is 118 Å². The van der Waals surface area contributed by atoms with Gasteiger partial charge in [0.15, 0.2) is 6.61 Å². The lowest BCUT2D eigenvalue weighted by molar-refractivity contribution is -0.134. The smallest absolute Gasteiger partial charge is 0.260 e. The standard InChI is InChI=1S/C14H20FN3O2/c1-17-4-6-18(7-5-17)14(19)10-20-13-3-2-12(15)8-11(13)9-16/h2-3,8H,4-7,9-10,16H2,1H3. The zero-order valence-electron chi connectivity index (χ0n) is 11.6. The molecule has 0 aliphatic carbocycles. The number of carbonyl (C=O) groups excluding carboxylic acids is 1. The van der Waals surface area contributed by atoms with Gasteiger partial charge < -0.3 is 20.3 Å². The normalized spacial score (nSPS) is 16.2. The molecule has 1 aromatic carbocycles. The zero-order chi connectivity index (χ0) is 14.5. The average Bonchev–Trinajstić information content (AvgIpc) is 2.46. The maximum absolute atomic E-state index is 13.1. The van der Waals surface area contributed by atoms with Crippen molar-refractivity contribution in [3.8, 4) is 5.75 Å². The van der Waals surface area contributed by atoms with Crippen molar-refractivity contribution in [1.82, 2.24) is 9.80 Å². The quantitative estimate of drug-likeness (QED) is 0.870. The minimum absolute atomic E-state index is 0.0393. The molecule has 1 aromatic rings. The Morgan fingerprint density at radius 2 is 2.05 bits per heavy atom. The number of halogens is 1. The van der Waals surface area contributed by atoms with Gasteiger partial charge in [0.2, 0.25) is 0 Å². The Kier molecular flexibility index (Phi) is 4.92. The van der Waals surface area contributed by atoms with Crippen molar-refractivity contribution in [3.63, 3.8) is 0 Å². The number of carbonyl (C=O) groups is 1. The third-order valence-corrected chi connectivity index (χ3v) is 3.45. The molecular weight excluding hydrogens is 261 g/mol. The Morgan fingerprint density at radius 1 is 1.35 bits per heavy atom. The van der Waals surface area contributed by atoms with Crippen LogP contribution in [0.1, 0.15) is 5.56 Å². The van der Waals surface area contributed by atoms with Crippen molar-refractivity contribution in [2.45, 2.75) is 6.54 Å². The van der Waals surface area contributed by atoms with Gasteiger partial charge in [0, 0.05) is 38.3 Å². The Balaban J connectivity index is 1.90. The highest BCUT2D eigenvalue weighted by Crippen LogP contribution is 2.19. The Bertz CT molecular complexity index is 473. The number of piperazine rings is 1. The molecule has 2 rings (SSSR count). The predicted molar refractivity (Wildman–Crippen MR) is 73.9 cm³/mol. The van der Waals surface area contributed by atoms with Gasteiger partial charge in [0.25, 0.3) is 5.91 Å². The van der Waals surface area contributed by atoms with Crippen molar-refractivity contribution in [2.24, 2.45) is 5.73 Å². The van der Waals surface area contributed by atoms with Crippen molar-refractivity contribution >= 4 is 5.91 Å². The van der Waals surface area contributed by atoms with Crippen LogP contribution in [-0.2, 0) is 11.3 Å². The van der Waals surface area contributed by atoms with Crippen LogP contribution in [0, 0.1) is 5.82 Å². The predicted octanol–water partition coefficient (Wildman–Crippen LogP) is 0.437. The number of likely N-dealkylation sites (N-methyl/N-ethyl adjacent to an activating group) is 1. The van der Waals surface area contributed by atoms with E-state index in [2.05, 4.69) is 4.90 Å². The molecule has 1 fully saturated rings. The van der Waals surface area contributed by atoms with Crippen molar-refractivity contribution in [1.29, 1.82) is 0 Å². The first-order valence-corrected chi connectivity index (χ1v) is 6.68. The summed E-state index contributed by atoms with van der Waals surface area (Å²) in [6, 6.07) is 4.14. The van der Waals surface area contributed by atoms with E-state index in [4.69, 9.17) is 10.5 Å². The first kappa shape index (κ1) is 14.7. The number of ether oxygens (including phenoxy) is 1. The van der Waals surface area contributed by atoms with E-state index in [9.17, 15) is 9.18 Å². The second-order valence-corrected chi connectivity index (χ2v) is 4.93. The van der Waals surface area contributed by atoms with E-state index in [0.717, 1.165) is 13.1 Å². The summed E-state index contributed by atoms with van der Waals surface area (Å²) in [7, 11) is 2.03. The van der Waals surface area contributed by atoms with Crippen LogP contribution in [-0.4, -0.2) is 55.5 Å². The maximum Gasteiger partial charge on any atom is 0.260 e. The highest BCUT2D eigenvalue weighted by atomic mass is 19.1. The lowest BCUT2D eigenvalue weighted by Gasteiger charge is -2.32. The van der Waals surface area contributed by atoms with Gasteiger partial charge in [-0.3, -0.25) is 4.79 Å². The number of hydrogen-bond donors (Lipinski definition) is 1. The Morgan fingerprint density at radius 3 is 2.70 bits per heavy atom. The van der Waals surface area contributed by atoms with Gasteiger partial charge in [0.1, 0.15) is 11.6 Å². The van der Waals surface area contributed by atoms with Crippen LogP contribution >= 0.6 is 0 Å². The van der Waals surface area contributed by atoms with Gasteiger partial charge in [-0.25, -0.2) is 4.39 Å². The minimum Gasteiger partial charge on any atom is -0.483 e. The van der Waals surface area contributed by atoms with E-state index in [1.807, 2.05) is 7.05 Å². The monoisotopic (exact) mass is 281 g/mol. The zero-order valence-corrected chi connectivity index (χ0v) is 11.6. The van der Waals surface area contributed by atoms with Gasteiger partial charge in [-0.1, -0.05) is 0 Å². The SMILES string of the molecule is CN1CCN(C(=O)COc2ccc(F)cc2CN)CC1.